The predicted molar refractivity (Wildman–Crippen MR) is 137 cm³/mol. The number of aryl methyl sites for hydroxylation is 1. The van der Waals surface area contributed by atoms with E-state index in [2.05, 4.69) is 22.3 Å². The lowest BCUT2D eigenvalue weighted by Gasteiger charge is -2.39. The average molecular weight is 501 g/mol. The molecule has 0 radical (unpaired) electrons. The molecule has 34 heavy (non-hydrogen) atoms. The highest BCUT2D eigenvalue weighted by Crippen LogP contribution is 2.40. The number of benzene rings is 2. The number of nitrogens with zero attached hydrogens (tertiary/aromatic N) is 1. The van der Waals surface area contributed by atoms with E-state index in [0.29, 0.717) is 35.5 Å². The SMILES string of the molecule is O=C(O)/C=C\CNc1ccc2c(c1)[C@H](CC(=O)Cc1ccc(Cl)c(Cl)c1)[C@@H](N1CCCC1)CC2. The van der Waals surface area contributed by atoms with Gasteiger partial charge in [0, 0.05) is 43.1 Å². The number of aliphatic carboxylic acids is 1. The molecule has 2 aromatic carbocycles. The first kappa shape index (κ1) is 24.8. The van der Waals surface area contributed by atoms with E-state index in [1.165, 1.54) is 24.0 Å². The van der Waals surface area contributed by atoms with Crippen LogP contribution in [-0.2, 0) is 22.4 Å². The van der Waals surface area contributed by atoms with E-state index in [-0.39, 0.29) is 11.7 Å². The van der Waals surface area contributed by atoms with Crippen molar-refractivity contribution in [1.82, 2.24) is 4.90 Å². The van der Waals surface area contributed by atoms with Crippen LogP contribution in [0.2, 0.25) is 10.0 Å². The minimum Gasteiger partial charge on any atom is -0.478 e. The van der Waals surface area contributed by atoms with Gasteiger partial charge in [-0.25, -0.2) is 4.79 Å². The van der Waals surface area contributed by atoms with Crippen molar-refractivity contribution in [1.29, 1.82) is 0 Å². The van der Waals surface area contributed by atoms with Gasteiger partial charge >= 0.3 is 5.97 Å². The van der Waals surface area contributed by atoms with Gasteiger partial charge in [-0.05, 0) is 79.7 Å². The Morgan fingerprint density at radius 3 is 2.62 bits per heavy atom. The molecule has 5 nitrogen and oxygen atoms in total. The Hall–Kier alpha value is -2.34. The number of nitrogens with one attached hydrogen (secondary N) is 1. The van der Waals surface area contributed by atoms with Gasteiger partial charge in [0.1, 0.15) is 5.78 Å². The highest BCUT2D eigenvalue weighted by molar-refractivity contribution is 6.42. The molecule has 2 aromatic rings. The number of fused-ring (bicyclic) bond motifs is 1. The van der Waals surface area contributed by atoms with Crippen molar-refractivity contribution in [3.05, 3.63) is 75.3 Å². The van der Waals surface area contributed by atoms with Crippen LogP contribution in [0, 0.1) is 0 Å². The minimum absolute atomic E-state index is 0.133. The summed E-state index contributed by atoms with van der Waals surface area (Å²) in [5, 5.41) is 13.0. The van der Waals surface area contributed by atoms with E-state index < -0.39 is 5.97 Å². The van der Waals surface area contributed by atoms with Crippen molar-refractivity contribution in [3.63, 3.8) is 0 Å². The topological polar surface area (TPSA) is 69.6 Å². The van der Waals surface area contributed by atoms with Crippen LogP contribution >= 0.6 is 23.2 Å². The first-order valence-corrected chi connectivity index (χ1v) is 12.6. The van der Waals surface area contributed by atoms with Gasteiger partial charge in [0.05, 0.1) is 10.0 Å². The average Bonchev–Trinajstić information content (AvgIpc) is 3.34. The van der Waals surface area contributed by atoms with E-state index in [1.54, 1.807) is 18.2 Å². The van der Waals surface area contributed by atoms with E-state index in [9.17, 15) is 9.59 Å². The van der Waals surface area contributed by atoms with Gasteiger partial charge in [0.2, 0.25) is 0 Å². The fourth-order valence-electron chi connectivity index (χ4n) is 5.28. The lowest BCUT2D eigenvalue weighted by molar-refractivity contribution is -0.131. The molecule has 0 amide bonds. The van der Waals surface area contributed by atoms with Crippen LogP contribution in [0.4, 0.5) is 5.69 Å². The van der Waals surface area contributed by atoms with Crippen molar-refractivity contribution in [2.75, 3.05) is 25.0 Å². The number of halogens is 2. The molecule has 0 bridgehead atoms. The number of carboxylic acid groups (broad SMARTS) is 1. The fourth-order valence-corrected chi connectivity index (χ4v) is 5.60. The monoisotopic (exact) mass is 500 g/mol. The van der Waals surface area contributed by atoms with Crippen LogP contribution in [-0.4, -0.2) is 47.4 Å². The molecule has 7 heteroatoms. The number of carboxylic acids is 1. The molecule has 0 spiro atoms. The standard InChI is InChI=1S/C27H30Cl2N2O3/c28-24-9-5-18(15-25(24)29)14-21(32)17-23-22-16-20(30-11-3-4-27(33)34)8-6-19(22)7-10-26(23)31-12-1-2-13-31/h3-6,8-9,15-16,23,26,30H,1-2,7,10-14,17H2,(H,33,34)/b4-3-/t23-,26-/m0/s1. The molecular weight excluding hydrogens is 471 g/mol. The maximum Gasteiger partial charge on any atom is 0.328 e. The Kier molecular flexibility index (Phi) is 8.30. The zero-order valence-corrected chi connectivity index (χ0v) is 20.6. The van der Waals surface area contributed by atoms with Crippen LogP contribution in [0.15, 0.2) is 48.6 Å². The van der Waals surface area contributed by atoms with Crippen molar-refractivity contribution >= 4 is 40.6 Å². The zero-order chi connectivity index (χ0) is 24.1. The summed E-state index contributed by atoms with van der Waals surface area (Å²) in [5.74, 6) is -0.627. The van der Waals surface area contributed by atoms with Crippen LogP contribution < -0.4 is 5.32 Å². The predicted octanol–water partition coefficient (Wildman–Crippen LogP) is 5.74. The van der Waals surface area contributed by atoms with Gasteiger partial charge in [-0.15, -0.1) is 0 Å². The summed E-state index contributed by atoms with van der Waals surface area (Å²) in [6.45, 7) is 2.62. The molecule has 2 atom stereocenters. The second kappa shape index (κ2) is 11.4. The Balaban J connectivity index is 1.55. The summed E-state index contributed by atoms with van der Waals surface area (Å²) in [6, 6.07) is 12.1. The number of carbonyl (C=O) groups is 2. The van der Waals surface area contributed by atoms with Gasteiger partial charge in [-0.2, -0.15) is 0 Å². The molecule has 2 aliphatic rings. The molecule has 1 aliphatic heterocycles. The van der Waals surface area contributed by atoms with Gasteiger partial charge in [0.15, 0.2) is 0 Å². The molecule has 180 valence electrons. The number of likely N-dealkylation sites (tertiary alicyclic amines) is 1. The normalized spacial score (nSPS) is 20.4. The van der Waals surface area contributed by atoms with Crippen LogP contribution in [0.3, 0.4) is 0 Å². The lowest BCUT2D eigenvalue weighted by atomic mass is 9.75. The number of rotatable bonds is 9. The van der Waals surface area contributed by atoms with E-state index in [4.69, 9.17) is 28.3 Å². The molecular formula is C27H30Cl2N2O3. The molecule has 4 rings (SSSR count). The number of carbonyl (C=O) groups excluding carboxylic acids is 1. The first-order valence-electron chi connectivity index (χ1n) is 11.9. The van der Waals surface area contributed by atoms with E-state index in [0.717, 1.165) is 43.3 Å². The summed E-state index contributed by atoms with van der Waals surface area (Å²) >= 11 is 12.2. The maximum atomic E-state index is 13.2. The lowest BCUT2D eigenvalue weighted by Crippen LogP contribution is -2.41. The summed E-state index contributed by atoms with van der Waals surface area (Å²) in [6.07, 6.45) is 8.05. The third-order valence-corrected chi connectivity index (χ3v) is 7.59. The molecule has 1 aliphatic carbocycles. The number of ketones is 1. The first-order chi connectivity index (χ1) is 16.4. The molecule has 0 unspecified atom stereocenters. The summed E-state index contributed by atoms with van der Waals surface area (Å²) in [7, 11) is 0. The number of hydrogen-bond acceptors (Lipinski definition) is 4. The molecule has 2 N–H and O–H groups in total. The second-order valence-corrected chi connectivity index (χ2v) is 9.97. The highest BCUT2D eigenvalue weighted by Gasteiger charge is 2.36. The smallest absolute Gasteiger partial charge is 0.328 e. The van der Waals surface area contributed by atoms with Crippen molar-refractivity contribution in [2.24, 2.45) is 0 Å². The molecule has 0 saturated carbocycles. The number of Topliss-reactive ketones (excluding diaryl/α,β-unsaturated/α-hetero) is 1. The van der Waals surface area contributed by atoms with Crippen molar-refractivity contribution in [3.8, 4) is 0 Å². The van der Waals surface area contributed by atoms with Gasteiger partial charge in [0.25, 0.3) is 0 Å². The van der Waals surface area contributed by atoms with Crippen LogP contribution in [0.5, 0.6) is 0 Å². The maximum absolute atomic E-state index is 13.2. The van der Waals surface area contributed by atoms with Crippen molar-refractivity contribution < 1.29 is 14.7 Å². The molecule has 1 saturated heterocycles. The zero-order valence-electron chi connectivity index (χ0n) is 19.1. The highest BCUT2D eigenvalue weighted by atomic mass is 35.5. The summed E-state index contributed by atoms with van der Waals surface area (Å²) in [4.78, 5) is 26.5. The van der Waals surface area contributed by atoms with Gasteiger partial charge < -0.3 is 10.4 Å². The Morgan fingerprint density at radius 2 is 1.88 bits per heavy atom. The molecule has 0 aromatic heterocycles. The van der Waals surface area contributed by atoms with Gasteiger partial charge in [-0.3, -0.25) is 9.69 Å². The summed E-state index contributed by atoms with van der Waals surface area (Å²) in [5.41, 5.74) is 4.36. The number of hydrogen-bond donors (Lipinski definition) is 2. The minimum atomic E-state index is -0.957. The summed E-state index contributed by atoms with van der Waals surface area (Å²) < 4.78 is 0. The van der Waals surface area contributed by atoms with Crippen LogP contribution in [0.1, 0.15) is 48.3 Å². The Labute approximate surface area is 210 Å². The number of anilines is 1. The molecule has 1 fully saturated rings. The largest absolute Gasteiger partial charge is 0.478 e. The molecule has 1 heterocycles. The van der Waals surface area contributed by atoms with E-state index >= 15 is 0 Å². The fraction of sp³-hybridized carbons (Fsp3) is 0.407. The third-order valence-electron chi connectivity index (χ3n) is 6.85. The Morgan fingerprint density at radius 1 is 1.09 bits per heavy atom. The third kappa shape index (κ3) is 6.21. The quantitative estimate of drug-likeness (QED) is 0.429. The van der Waals surface area contributed by atoms with E-state index in [1.807, 2.05) is 12.1 Å². The van der Waals surface area contributed by atoms with Crippen molar-refractivity contribution in [2.45, 2.75) is 50.5 Å². The second-order valence-electron chi connectivity index (χ2n) is 9.16. The Bertz CT molecular complexity index is 1080. The van der Waals surface area contributed by atoms with Gasteiger partial charge in [-0.1, -0.05) is 41.4 Å². The van der Waals surface area contributed by atoms with Crippen LogP contribution in [0.25, 0.3) is 0 Å².